The maximum atomic E-state index is 15.7. The average molecular weight is 544 g/mol. The van der Waals surface area contributed by atoms with E-state index in [-0.39, 0.29) is 5.56 Å². The highest BCUT2D eigenvalue weighted by Crippen LogP contribution is 2.46. The Kier molecular flexibility index (Phi) is 5.25. The van der Waals surface area contributed by atoms with E-state index < -0.39 is 17.2 Å². The van der Waals surface area contributed by atoms with Crippen LogP contribution in [-0.4, -0.2) is 9.97 Å². The molecule has 8 aromatic rings. The highest BCUT2D eigenvalue weighted by atomic mass is 19.1. The Bertz CT molecular complexity index is 2400. The van der Waals surface area contributed by atoms with E-state index in [1.165, 1.54) is 6.07 Å². The summed E-state index contributed by atoms with van der Waals surface area (Å²) in [6.45, 7) is 0. The Morgan fingerprint density at radius 1 is 0.500 bits per heavy atom. The molecular formula is C37H19F2N3. The predicted molar refractivity (Wildman–Crippen MR) is 165 cm³/mol. The van der Waals surface area contributed by atoms with Crippen LogP contribution in [0.3, 0.4) is 0 Å². The standard InChI is InChI=1S/C37H19F2N3/c38-30-18-17-27(36(39)29(30)20-40)34-22-10-2-4-12-24(22)35(25-13-5-3-11-23(25)34)28-19-33-37(26-14-6-1-9-21(26)28)42-32-16-8-7-15-31(32)41-33/h1-19H. The SMILES string of the molecule is N#Cc1c(F)ccc(-c2c3ccccc3c(-c3cc4nc5ccccc5nc4c4ccccc34)c3ccccc23)c1F. The third kappa shape index (κ3) is 3.42. The van der Waals surface area contributed by atoms with Gasteiger partial charge in [-0.05, 0) is 68.4 Å². The summed E-state index contributed by atoms with van der Waals surface area (Å²) in [5.74, 6) is -1.74. The molecule has 5 heteroatoms. The fourth-order valence-electron chi connectivity index (χ4n) is 6.22. The largest absolute Gasteiger partial charge is 0.244 e. The molecule has 42 heavy (non-hydrogen) atoms. The van der Waals surface area contributed by atoms with Crippen molar-refractivity contribution in [2.24, 2.45) is 0 Å². The Hall–Kier alpha value is -5.73. The van der Waals surface area contributed by atoms with E-state index in [4.69, 9.17) is 9.97 Å². The molecule has 8 rings (SSSR count). The van der Waals surface area contributed by atoms with Crippen molar-refractivity contribution in [3.05, 3.63) is 132 Å². The highest BCUT2D eigenvalue weighted by Gasteiger charge is 2.23. The molecule has 196 valence electrons. The van der Waals surface area contributed by atoms with Crippen molar-refractivity contribution in [3.63, 3.8) is 0 Å². The predicted octanol–water partition coefficient (Wildman–Crippen LogP) is 9.73. The van der Waals surface area contributed by atoms with Gasteiger partial charge < -0.3 is 0 Å². The van der Waals surface area contributed by atoms with Gasteiger partial charge in [0.05, 0.1) is 22.1 Å². The van der Waals surface area contributed by atoms with Crippen molar-refractivity contribution < 1.29 is 8.78 Å². The van der Waals surface area contributed by atoms with Gasteiger partial charge in [-0.1, -0.05) is 84.9 Å². The van der Waals surface area contributed by atoms with Gasteiger partial charge in [0, 0.05) is 16.5 Å². The van der Waals surface area contributed by atoms with Gasteiger partial charge >= 0.3 is 0 Å². The Morgan fingerprint density at radius 2 is 1.00 bits per heavy atom. The van der Waals surface area contributed by atoms with Crippen molar-refractivity contribution in [1.82, 2.24) is 9.97 Å². The van der Waals surface area contributed by atoms with Crippen LogP contribution in [0.25, 0.3) is 76.6 Å². The Labute approximate surface area is 238 Å². The molecule has 3 nitrogen and oxygen atoms in total. The second kappa shape index (κ2) is 9.15. The molecule has 0 aliphatic carbocycles. The van der Waals surface area contributed by atoms with Crippen LogP contribution in [0.5, 0.6) is 0 Å². The molecule has 0 unspecified atom stereocenters. The first-order valence-corrected chi connectivity index (χ1v) is 13.5. The third-order valence-electron chi connectivity index (χ3n) is 8.02. The molecule has 7 aromatic carbocycles. The highest BCUT2D eigenvalue weighted by molar-refractivity contribution is 6.25. The summed E-state index contributed by atoms with van der Waals surface area (Å²) in [7, 11) is 0. The van der Waals surface area contributed by atoms with Gasteiger partial charge in [0.25, 0.3) is 0 Å². The molecule has 0 saturated heterocycles. The summed E-state index contributed by atoms with van der Waals surface area (Å²) in [5.41, 5.74) is 5.45. The van der Waals surface area contributed by atoms with Crippen LogP contribution in [0.1, 0.15) is 5.56 Å². The molecule has 0 saturated carbocycles. The van der Waals surface area contributed by atoms with E-state index in [9.17, 15) is 9.65 Å². The summed E-state index contributed by atoms with van der Waals surface area (Å²) < 4.78 is 30.1. The van der Waals surface area contributed by atoms with Gasteiger partial charge in [-0.3, -0.25) is 0 Å². The van der Waals surface area contributed by atoms with Gasteiger partial charge in [-0.15, -0.1) is 0 Å². The number of nitrogens with zero attached hydrogens (tertiary/aromatic N) is 3. The van der Waals surface area contributed by atoms with Gasteiger partial charge in [0.15, 0.2) is 5.82 Å². The maximum Gasteiger partial charge on any atom is 0.151 e. The van der Waals surface area contributed by atoms with Crippen LogP contribution in [0.15, 0.2) is 115 Å². The average Bonchev–Trinajstić information content (AvgIpc) is 3.03. The summed E-state index contributed by atoms with van der Waals surface area (Å²) in [5, 5.41) is 14.9. The monoisotopic (exact) mass is 543 g/mol. The first-order chi connectivity index (χ1) is 20.6. The lowest BCUT2D eigenvalue weighted by Gasteiger charge is -2.19. The molecule has 0 radical (unpaired) electrons. The van der Waals surface area contributed by atoms with Crippen molar-refractivity contribution >= 4 is 54.4 Å². The van der Waals surface area contributed by atoms with Gasteiger partial charge in [-0.25, -0.2) is 18.7 Å². The van der Waals surface area contributed by atoms with Crippen molar-refractivity contribution in [3.8, 4) is 28.3 Å². The molecule has 0 N–H and O–H groups in total. The third-order valence-corrected chi connectivity index (χ3v) is 8.02. The first kappa shape index (κ1) is 24.1. The smallest absolute Gasteiger partial charge is 0.151 e. The minimum Gasteiger partial charge on any atom is -0.244 e. The number of fused-ring (bicyclic) bond motifs is 6. The topological polar surface area (TPSA) is 49.6 Å². The minimum absolute atomic E-state index is 0.188. The number of hydrogen-bond donors (Lipinski definition) is 0. The quantitative estimate of drug-likeness (QED) is 0.161. The lowest BCUT2D eigenvalue weighted by atomic mass is 9.84. The van der Waals surface area contributed by atoms with Crippen LogP contribution in [0, 0.1) is 23.0 Å². The number of nitriles is 1. The van der Waals surface area contributed by atoms with E-state index in [2.05, 4.69) is 18.2 Å². The number of rotatable bonds is 2. The molecule has 0 aliphatic rings. The van der Waals surface area contributed by atoms with E-state index in [1.54, 1.807) is 6.07 Å². The number of benzene rings is 7. The fraction of sp³-hybridized carbons (Fsp3) is 0. The summed E-state index contributed by atoms with van der Waals surface area (Å²) >= 11 is 0. The first-order valence-electron chi connectivity index (χ1n) is 13.5. The van der Waals surface area contributed by atoms with E-state index in [1.807, 2.05) is 84.9 Å². The second-order valence-electron chi connectivity index (χ2n) is 10.3. The Morgan fingerprint density at radius 3 is 1.60 bits per heavy atom. The van der Waals surface area contributed by atoms with E-state index >= 15 is 4.39 Å². The zero-order chi connectivity index (χ0) is 28.4. The molecular weight excluding hydrogens is 524 g/mol. The number of aromatic nitrogens is 2. The van der Waals surface area contributed by atoms with Crippen molar-refractivity contribution in [1.29, 1.82) is 5.26 Å². The number of halogens is 2. The zero-order valence-electron chi connectivity index (χ0n) is 22.1. The molecule has 0 fully saturated rings. The molecule has 0 bridgehead atoms. The van der Waals surface area contributed by atoms with Crippen LogP contribution in [-0.2, 0) is 0 Å². The maximum absolute atomic E-state index is 15.7. The fourth-order valence-corrected chi connectivity index (χ4v) is 6.22. The molecule has 0 spiro atoms. The molecule has 0 aliphatic heterocycles. The summed E-state index contributed by atoms with van der Waals surface area (Å²) in [4.78, 5) is 9.99. The van der Waals surface area contributed by atoms with E-state index in [0.717, 1.165) is 71.6 Å². The zero-order valence-corrected chi connectivity index (χ0v) is 22.1. The lowest BCUT2D eigenvalue weighted by Crippen LogP contribution is -1.97. The molecule has 1 heterocycles. The second-order valence-corrected chi connectivity index (χ2v) is 10.3. The lowest BCUT2D eigenvalue weighted by molar-refractivity contribution is 0.579. The molecule has 0 atom stereocenters. The van der Waals surface area contributed by atoms with Gasteiger partial charge in [0.1, 0.15) is 17.4 Å². The Balaban J connectivity index is 1.56. The summed E-state index contributed by atoms with van der Waals surface area (Å²) in [6, 6.07) is 38.1. The molecule has 0 amide bonds. The number of hydrogen-bond acceptors (Lipinski definition) is 3. The van der Waals surface area contributed by atoms with Gasteiger partial charge in [0.2, 0.25) is 0 Å². The van der Waals surface area contributed by atoms with Crippen LogP contribution >= 0.6 is 0 Å². The molecule has 1 aromatic heterocycles. The van der Waals surface area contributed by atoms with Crippen molar-refractivity contribution in [2.75, 3.05) is 0 Å². The van der Waals surface area contributed by atoms with Crippen LogP contribution < -0.4 is 0 Å². The minimum atomic E-state index is -0.875. The van der Waals surface area contributed by atoms with Crippen LogP contribution in [0.2, 0.25) is 0 Å². The van der Waals surface area contributed by atoms with Crippen LogP contribution in [0.4, 0.5) is 8.78 Å². The summed E-state index contributed by atoms with van der Waals surface area (Å²) in [6.07, 6.45) is 0. The number of para-hydroxylation sites is 2. The van der Waals surface area contributed by atoms with E-state index in [0.29, 0.717) is 5.56 Å². The normalized spacial score (nSPS) is 11.5. The van der Waals surface area contributed by atoms with Gasteiger partial charge in [-0.2, -0.15) is 5.26 Å². The van der Waals surface area contributed by atoms with Crippen molar-refractivity contribution in [2.45, 2.75) is 0 Å².